The second kappa shape index (κ2) is 5.41. The van der Waals surface area contributed by atoms with Crippen LogP contribution in [0.2, 0.25) is 0 Å². The van der Waals surface area contributed by atoms with Crippen molar-refractivity contribution in [1.29, 1.82) is 0 Å². The summed E-state index contributed by atoms with van der Waals surface area (Å²) >= 11 is 4.90. The molecule has 1 aromatic rings. The molecule has 1 aromatic heterocycles. The molecule has 0 fully saturated rings. The van der Waals surface area contributed by atoms with Crippen LogP contribution in [0, 0.1) is 6.92 Å². The van der Waals surface area contributed by atoms with Gasteiger partial charge in [0.2, 0.25) is 0 Å². The number of hydrogen-bond acceptors (Lipinski definition) is 3. The number of hydrazone groups is 1. The normalized spacial score (nSPS) is 11.0. The van der Waals surface area contributed by atoms with E-state index in [2.05, 4.69) is 20.8 Å². The Morgan fingerprint density at radius 2 is 2.20 bits per heavy atom. The maximum absolute atomic E-state index is 4.90. The van der Waals surface area contributed by atoms with E-state index in [1.807, 2.05) is 32.0 Å². The first-order valence-corrected chi connectivity index (χ1v) is 5.00. The van der Waals surface area contributed by atoms with Gasteiger partial charge in [-0.3, -0.25) is 10.4 Å². The molecule has 2 N–H and O–H groups in total. The van der Waals surface area contributed by atoms with Crippen molar-refractivity contribution >= 4 is 23.0 Å². The highest BCUT2D eigenvalue weighted by molar-refractivity contribution is 7.80. The average molecular weight is 222 g/mol. The Labute approximate surface area is 94.8 Å². The Morgan fingerprint density at radius 1 is 1.47 bits per heavy atom. The number of hydrogen-bond donors (Lipinski definition) is 2. The number of aryl methyl sites for hydroxylation is 1. The Morgan fingerprint density at radius 3 is 2.80 bits per heavy atom. The number of rotatable bonds is 2. The zero-order valence-corrected chi connectivity index (χ0v) is 9.85. The van der Waals surface area contributed by atoms with Gasteiger partial charge in [0.15, 0.2) is 5.11 Å². The lowest BCUT2D eigenvalue weighted by Crippen LogP contribution is -2.29. The highest BCUT2D eigenvalue weighted by atomic mass is 32.1. The molecule has 0 radical (unpaired) electrons. The van der Waals surface area contributed by atoms with Gasteiger partial charge in [0.05, 0.1) is 11.4 Å². The van der Waals surface area contributed by atoms with Crippen molar-refractivity contribution in [2.75, 3.05) is 7.05 Å². The van der Waals surface area contributed by atoms with Crippen LogP contribution in [0.15, 0.2) is 23.3 Å². The molecule has 1 heterocycles. The molecule has 4 nitrogen and oxygen atoms in total. The van der Waals surface area contributed by atoms with Crippen LogP contribution in [0.1, 0.15) is 18.3 Å². The molecule has 80 valence electrons. The van der Waals surface area contributed by atoms with Gasteiger partial charge in [-0.05, 0) is 38.2 Å². The van der Waals surface area contributed by atoms with Crippen molar-refractivity contribution in [2.24, 2.45) is 5.10 Å². The highest BCUT2D eigenvalue weighted by Crippen LogP contribution is 1.99. The van der Waals surface area contributed by atoms with Crippen LogP contribution in [0.3, 0.4) is 0 Å². The lowest BCUT2D eigenvalue weighted by Gasteiger charge is -2.03. The summed E-state index contributed by atoms with van der Waals surface area (Å²) in [6, 6.07) is 5.81. The Balaban J connectivity index is 2.75. The van der Waals surface area contributed by atoms with E-state index in [1.54, 1.807) is 7.05 Å². The minimum atomic E-state index is 0.488. The molecule has 0 amide bonds. The molecule has 5 heteroatoms. The molecule has 0 aliphatic carbocycles. The van der Waals surface area contributed by atoms with Crippen molar-refractivity contribution in [3.8, 4) is 0 Å². The van der Waals surface area contributed by atoms with Crippen LogP contribution in [0.25, 0.3) is 0 Å². The second-order valence-corrected chi connectivity index (χ2v) is 3.46. The summed E-state index contributed by atoms with van der Waals surface area (Å²) in [5.41, 5.74) is 5.34. The van der Waals surface area contributed by atoms with Crippen LogP contribution in [-0.2, 0) is 0 Å². The van der Waals surface area contributed by atoms with E-state index in [0.29, 0.717) is 5.11 Å². The van der Waals surface area contributed by atoms with Crippen LogP contribution < -0.4 is 10.7 Å². The summed E-state index contributed by atoms with van der Waals surface area (Å²) in [6.45, 7) is 3.83. The molecule has 0 aliphatic heterocycles. The van der Waals surface area contributed by atoms with Crippen molar-refractivity contribution in [3.05, 3.63) is 29.6 Å². The third kappa shape index (κ3) is 3.63. The molecule has 0 atom stereocenters. The van der Waals surface area contributed by atoms with E-state index in [9.17, 15) is 0 Å². The van der Waals surface area contributed by atoms with Crippen LogP contribution >= 0.6 is 12.2 Å². The number of nitrogens with one attached hydrogen (secondary N) is 2. The minimum Gasteiger partial charge on any atom is -0.364 e. The molecule has 1 rings (SSSR count). The largest absolute Gasteiger partial charge is 0.364 e. The molecule has 0 spiro atoms. The predicted molar refractivity (Wildman–Crippen MR) is 66.0 cm³/mol. The molecular formula is C10H14N4S. The Hall–Kier alpha value is -1.49. The van der Waals surface area contributed by atoms with E-state index >= 15 is 0 Å². The fraction of sp³-hybridized carbons (Fsp3) is 0.300. The van der Waals surface area contributed by atoms with Crippen LogP contribution in [0.4, 0.5) is 0 Å². The summed E-state index contributed by atoms with van der Waals surface area (Å²) < 4.78 is 0. The van der Waals surface area contributed by atoms with Gasteiger partial charge in [0.1, 0.15) is 0 Å². The first-order chi connectivity index (χ1) is 7.13. The van der Waals surface area contributed by atoms with E-state index in [-0.39, 0.29) is 0 Å². The first-order valence-electron chi connectivity index (χ1n) is 4.59. The third-order valence-corrected chi connectivity index (χ3v) is 2.11. The van der Waals surface area contributed by atoms with Gasteiger partial charge in [-0.15, -0.1) is 0 Å². The van der Waals surface area contributed by atoms with Crippen LogP contribution in [0.5, 0.6) is 0 Å². The first kappa shape index (κ1) is 11.6. The standard InChI is InChI=1S/C10H14N4S/c1-7-5-4-6-9(12-7)8(2)13-14-10(15)11-3/h4-6H,1-3H3,(H2,11,14,15)/b13-8+. The molecular weight excluding hydrogens is 208 g/mol. The topological polar surface area (TPSA) is 49.3 Å². The summed E-state index contributed by atoms with van der Waals surface area (Å²) in [5.74, 6) is 0. The average Bonchev–Trinajstić information content (AvgIpc) is 2.25. The fourth-order valence-corrected chi connectivity index (χ4v) is 1.04. The van der Waals surface area contributed by atoms with Gasteiger partial charge >= 0.3 is 0 Å². The van der Waals surface area contributed by atoms with E-state index in [0.717, 1.165) is 17.1 Å². The van der Waals surface area contributed by atoms with Gasteiger partial charge in [-0.25, -0.2) is 0 Å². The summed E-state index contributed by atoms with van der Waals surface area (Å²) in [6.07, 6.45) is 0. The van der Waals surface area contributed by atoms with Gasteiger partial charge in [0, 0.05) is 12.7 Å². The van der Waals surface area contributed by atoms with Crippen molar-refractivity contribution in [3.63, 3.8) is 0 Å². The van der Waals surface area contributed by atoms with Crippen molar-refractivity contribution < 1.29 is 0 Å². The number of thiocarbonyl (C=S) groups is 1. The SMILES string of the molecule is CNC(=S)N/N=C(\C)c1cccc(C)n1. The van der Waals surface area contributed by atoms with Crippen molar-refractivity contribution in [2.45, 2.75) is 13.8 Å². The Kier molecular flexibility index (Phi) is 4.17. The third-order valence-electron chi connectivity index (χ3n) is 1.81. The lowest BCUT2D eigenvalue weighted by molar-refractivity contribution is 0.970. The molecule has 0 aliphatic rings. The Bertz CT molecular complexity index is 387. The molecule has 0 unspecified atom stereocenters. The molecule has 0 bridgehead atoms. The quantitative estimate of drug-likeness (QED) is 0.448. The predicted octanol–water partition coefficient (Wildman–Crippen LogP) is 1.21. The zero-order chi connectivity index (χ0) is 11.3. The van der Waals surface area contributed by atoms with Gasteiger partial charge in [0.25, 0.3) is 0 Å². The maximum Gasteiger partial charge on any atom is 0.186 e. The fourth-order valence-electron chi connectivity index (χ4n) is 0.992. The van der Waals surface area contributed by atoms with E-state index < -0.39 is 0 Å². The van der Waals surface area contributed by atoms with Gasteiger partial charge < -0.3 is 5.32 Å². The summed E-state index contributed by atoms with van der Waals surface area (Å²) in [4.78, 5) is 4.34. The van der Waals surface area contributed by atoms with Crippen LogP contribution in [-0.4, -0.2) is 22.9 Å². The van der Waals surface area contributed by atoms with Crippen molar-refractivity contribution in [1.82, 2.24) is 15.7 Å². The van der Waals surface area contributed by atoms with Gasteiger partial charge in [-0.2, -0.15) is 5.10 Å². The molecule has 0 saturated heterocycles. The van der Waals surface area contributed by atoms with Gasteiger partial charge in [-0.1, -0.05) is 6.07 Å². The van der Waals surface area contributed by atoms with E-state index in [1.165, 1.54) is 0 Å². The summed E-state index contributed by atoms with van der Waals surface area (Å²) in [5, 5.41) is 7.37. The smallest absolute Gasteiger partial charge is 0.186 e. The number of pyridine rings is 1. The lowest BCUT2D eigenvalue weighted by atomic mass is 10.2. The zero-order valence-electron chi connectivity index (χ0n) is 9.03. The number of nitrogens with zero attached hydrogens (tertiary/aromatic N) is 2. The molecule has 0 aromatic carbocycles. The number of aromatic nitrogens is 1. The maximum atomic E-state index is 4.90. The minimum absolute atomic E-state index is 0.488. The highest BCUT2D eigenvalue weighted by Gasteiger charge is 1.98. The molecule has 15 heavy (non-hydrogen) atoms. The van der Waals surface area contributed by atoms with E-state index in [4.69, 9.17) is 12.2 Å². The molecule has 0 saturated carbocycles. The summed E-state index contributed by atoms with van der Waals surface area (Å²) in [7, 11) is 1.74. The second-order valence-electron chi connectivity index (χ2n) is 3.05. The monoisotopic (exact) mass is 222 g/mol.